The molecule has 1 aliphatic rings. The highest BCUT2D eigenvalue weighted by atomic mass is 19.4. The summed E-state index contributed by atoms with van der Waals surface area (Å²) in [5.41, 5.74) is 0.143. The van der Waals surface area contributed by atoms with Gasteiger partial charge in [-0.3, -0.25) is 0 Å². The molecule has 0 aromatic heterocycles. The molecule has 2 unspecified atom stereocenters. The van der Waals surface area contributed by atoms with Gasteiger partial charge in [0.05, 0.1) is 18.3 Å². The first-order chi connectivity index (χ1) is 8.47. The van der Waals surface area contributed by atoms with Crippen LogP contribution in [-0.2, 0) is 17.3 Å². The Balaban J connectivity index is 2.02. The second-order valence-electron chi connectivity index (χ2n) is 4.59. The minimum Gasteiger partial charge on any atom is -0.393 e. The molecule has 1 heterocycles. The van der Waals surface area contributed by atoms with Crippen LogP contribution in [0.5, 0.6) is 0 Å². The van der Waals surface area contributed by atoms with Crippen LogP contribution >= 0.6 is 0 Å². The fourth-order valence-electron chi connectivity index (χ4n) is 2.11. The highest BCUT2D eigenvalue weighted by molar-refractivity contribution is 5.25. The molecule has 2 atom stereocenters. The van der Waals surface area contributed by atoms with E-state index in [1.165, 1.54) is 12.1 Å². The molecule has 0 aliphatic carbocycles. The Labute approximate surface area is 103 Å². The van der Waals surface area contributed by atoms with Crippen LogP contribution in [0.2, 0.25) is 0 Å². The van der Waals surface area contributed by atoms with Gasteiger partial charge in [0.2, 0.25) is 0 Å². The molecule has 100 valence electrons. The first-order valence-corrected chi connectivity index (χ1v) is 5.89. The molecule has 1 fully saturated rings. The van der Waals surface area contributed by atoms with Gasteiger partial charge in [-0.25, -0.2) is 0 Å². The summed E-state index contributed by atoms with van der Waals surface area (Å²) in [5.74, 6) is -0.0320. The number of hydrogen-bond donors (Lipinski definition) is 1. The molecule has 1 saturated heterocycles. The maximum atomic E-state index is 12.4. The zero-order valence-electron chi connectivity index (χ0n) is 9.78. The minimum absolute atomic E-state index is 0.0320. The summed E-state index contributed by atoms with van der Waals surface area (Å²) in [6.45, 7) is 1.01. The Morgan fingerprint density at radius 2 is 1.89 bits per heavy atom. The molecule has 0 saturated carbocycles. The lowest BCUT2D eigenvalue weighted by Gasteiger charge is -2.27. The average molecular weight is 260 g/mol. The van der Waals surface area contributed by atoms with Crippen molar-refractivity contribution < 1.29 is 23.0 Å². The fraction of sp³-hybridized carbons (Fsp3) is 0.538. The van der Waals surface area contributed by atoms with Gasteiger partial charge in [-0.05, 0) is 30.5 Å². The monoisotopic (exact) mass is 260 g/mol. The predicted octanol–water partition coefficient (Wildman–Crippen LogP) is 2.65. The second kappa shape index (κ2) is 5.28. The van der Waals surface area contributed by atoms with Gasteiger partial charge >= 0.3 is 6.18 Å². The second-order valence-corrected chi connectivity index (χ2v) is 4.59. The molecule has 1 aromatic carbocycles. The van der Waals surface area contributed by atoms with E-state index in [-0.39, 0.29) is 5.92 Å². The standard InChI is InChI=1S/C13H15F3O2/c14-13(15,16)11-3-1-9(2-4-11)7-10-8-18-6-5-12(10)17/h1-4,10,12,17H,5-8H2. The fourth-order valence-corrected chi connectivity index (χ4v) is 2.11. The molecule has 2 rings (SSSR count). The lowest BCUT2D eigenvalue weighted by molar-refractivity contribution is -0.137. The van der Waals surface area contributed by atoms with E-state index >= 15 is 0 Å². The van der Waals surface area contributed by atoms with Crippen LogP contribution in [0.15, 0.2) is 24.3 Å². The van der Waals surface area contributed by atoms with Crippen molar-refractivity contribution in [3.05, 3.63) is 35.4 Å². The van der Waals surface area contributed by atoms with Gasteiger partial charge in [0, 0.05) is 12.5 Å². The maximum Gasteiger partial charge on any atom is 0.416 e. The molecule has 0 radical (unpaired) electrons. The van der Waals surface area contributed by atoms with Crippen molar-refractivity contribution in [3.8, 4) is 0 Å². The Bertz CT molecular complexity index is 386. The Hall–Kier alpha value is -1.07. The summed E-state index contributed by atoms with van der Waals surface area (Å²) in [4.78, 5) is 0. The van der Waals surface area contributed by atoms with E-state index in [9.17, 15) is 18.3 Å². The van der Waals surface area contributed by atoms with E-state index in [4.69, 9.17) is 4.74 Å². The van der Waals surface area contributed by atoms with Crippen LogP contribution in [0.1, 0.15) is 17.5 Å². The third kappa shape index (κ3) is 3.23. The normalized spacial score (nSPS) is 25.1. The summed E-state index contributed by atoms with van der Waals surface area (Å²) in [5, 5.41) is 9.75. The van der Waals surface area contributed by atoms with E-state index in [1.807, 2.05) is 0 Å². The van der Waals surface area contributed by atoms with Gasteiger partial charge in [-0.15, -0.1) is 0 Å². The van der Waals surface area contributed by atoms with Crippen molar-refractivity contribution >= 4 is 0 Å². The number of hydrogen-bond acceptors (Lipinski definition) is 2. The summed E-state index contributed by atoms with van der Waals surface area (Å²) >= 11 is 0. The molecule has 2 nitrogen and oxygen atoms in total. The molecule has 1 N–H and O–H groups in total. The molecule has 1 aromatic rings. The summed E-state index contributed by atoms with van der Waals surface area (Å²) in [7, 11) is 0. The van der Waals surface area contributed by atoms with Crippen LogP contribution < -0.4 is 0 Å². The highest BCUT2D eigenvalue weighted by Gasteiger charge is 2.30. The first-order valence-electron chi connectivity index (χ1n) is 5.89. The van der Waals surface area contributed by atoms with Crippen molar-refractivity contribution in [2.75, 3.05) is 13.2 Å². The number of benzene rings is 1. The molecular formula is C13H15F3O2. The number of ether oxygens (including phenoxy) is 1. The lowest BCUT2D eigenvalue weighted by atomic mass is 9.91. The molecule has 18 heavy (non-hydrogen) atoms. The first kappa shape index (κ1) is 13.4. The lowest BCUT2D eigenvalue weighted by Crippen LogP contribution is -2.33. The van der Waals surface area contributed by atoms with E-state index in [0.29, 0.717) is 26.1 Å². The summed E-state index contributed by atoms with van der Waals surface area (Å²) in [6.07, 6.45) is -3.60. The number of rotatable bonds is 2. The predicted molar refractivity (Wildman–Crippen MR) is 60.1 cm³/mol. The smallest absolute Gasteiger partial charge is 0.393 e. The Morgan fingerprint density at radius 1 is 1.22 bits per heavy atom. The largest absolute Gasteiger partial charge is 0.416 e. The summed E-state index contributed by atoms with van der Waals surface area (Å²) < 4.78 is 42.4. The van der Waals surface area contributed by atoms with Gasteiger partial charge < -0.3 is 9.84 Å². The SMILES string of the molecule is OC1CCOCC1Cc1ccc(C(F)(F)F)cc1. The Morgan fingerprint density at radius 3 is 2.44 bits per heavy atom. The number of halogens is 3. The molecule has 5 heteroatoms. The number of alkyl halides is 3. The molecule has 0 amide bonds. The highest BCUT2D eigenvalue weighted by Crippen LogP contribution is 2.29. The van der Waals surface area contributed by atoms with E-state index in [1.54, 1.807) is 0 Å². The third-order valence-corrected chi connectivity index (χ3v) is 3.21. The zero-order chi connectivity index (χ0) is 13.2. The van der Waals surface area contributed by atoms with E-state index in [0.717, 1.165) is 17.7 Å². The quantitative estimate of drug-likeness (QED) is 0.885. The minimum atomic E-state index is -4.30. The summed E-state index contributed by atoms with van der Waals surface area (Å²) in [6, 6.07) is 5.07. The van der Waals surface area contributed by atoms with E-state index in [2.05, 4.69) is 0 Å². The molecule has 0 bridgehead atoms. The van der Waals surface area contributed by atoms with Crippen LogP contribution in [0, 0.1) is 5.92 Å². The van der Waals surface area contributed by atoms with Crippen LogP contribution in [0.3, 0.4) is 0 Å². The Kier molecular flexibility index (Phi) is 3.92. The van der Waals surface area contributed by atoms with Gasteiger partial charge in [-0.1, -0.05) is 12.1 Å². The number of aliphatic hydroxyl groups excluding tert-OH is 1. The topological polar surface area (TPSA) is 29.5 Å². The van der Waals surface area contributed by atoms with Gasteiger partial charge in [0.1, 0.15) is 0 Å². The molecule has 1 aliphatic heterocycles. The van der Waals surface area contributed by atoms with Crippen molar-refractivity contribution in [3.63, 3.8) is 0 Å². The molecule has 0 spiro atoms. The van der Waals surface area contributed by atoms with Crippen molar-refractivity contribution in [1.82, 2.24) is 0 Å². The molecular weight excluding hydrogens is 245 g/mol. The van der Waals surface area contributed by atoms with Crippen molar-refractivity contribution in [1.29, 1.82) is 0 Å². The number of aliphatic hydroxyl groups is 1. The van der Waals surface area contributed by atoms with Gasteiger partial charge in [0.25, 0.3) is 0 Å². The van der Waals surface area contributed by atoms with Crippen LogP contribution in [0.25, 0.3) is 0 Å². The van der Waals surface area contributed by atoms with Crippen molar-refractivity contribution in [2.24, 2.45) is 5.92 Å². The van der Waals surface area contributed by atoms with Gasteiger partial charge in [-0.2, -0.15) is 13.2 Å². The van der Waals surface area contributed by atoms with Crippen LogP contribution in [0.4, 0.5) is 13.2 Å². The van der Waals surface area contributed by atoms with Crippen LogP contribution in [-0.4, -0.2) is 24.4 Å². The third-order valence-electron chi connectivity index (χ3n) is 3.21. The zero-order valence-corrected chi connectivity index (χ0v) is 9.78. The van der Waals surface area contributed by atoms with Gasteiger partial charge in [0.15, 0.2) is 0 Å². The average Bonchev–Trinajstić information content (AvgIpc) is 2.32. The van der Waals surface area contributed by atoms with E-state index < -0.39 is 17.8 Å². The van der Waals surface area contributed by atoms with Crippen molar-refractivity contribution in [2.45, 2.75) is 25.1 Å². The maximum absolute atomic E-state index is 12.4.